The largest absolute Gasteiger partial charge is 0.493 e. The molecular formula is C19H33IN4O3S. The molecule has 0 radical (unpaired) electrons. The summed E-state index contributed by atoms with van der Waals surface area (Å²) in [4.78, 5) is 4.62. The van der Waals surface area contributed by atoms with Crippen LogP contribution in [0.1, 0.15) is 39.2 Å². The van der Waals surface area contributed by atoms with Crippen LogP contribution in [0.15, 0.2) is 29.3 Å². The number of hydrogen-bond donors (Lipinski definition) is 3. The third kappa shape index (κ3) is 9.92. The number of aliphatic imine (C=N–C) groups is 1. The quantitative estimate of drug-likeness (QED) is 0.249. The van der Waals surface area contributed by atoms with Crippen molar-refractivity contribution in [1.29, 1.82) is 0 Å². The predicted octanol–water partition coefficient (Wildman–Crippen LogP) is 2.48. The lowest BCUT2D eigenvalue weighted by Crippen LogP contribution is -2.53. The highest BCUT2D eigenvalue weighted by atomic mass is 127. The van der Waals surface area contributed by atoms with Gasteiger partial charge in [-0.2, -0.15) is 0 Å². The molecule has 0 atom stereocenters. The van der Waals surface area contributed by atoms with Gasteiger partial charge in [-0.15, -0.1) is 24.0 Å². The van der Waals surface area contributed by atoms with Crippen LogP contribution >= 0.6 is 24.0 Å². The highest BCUT2D eigenvalue weighted by Gasteiger charge is 2.23. The predicted molar refractivity (Wildman–Crippen MR) is 125 cm³/mol. The maximum Gasteiger partial charge on any atom is 0.209 e. The van der Waals surface area contributed by atoms with E-state index in [9.17, 15) is 8.42 Å². The second-order valence-electron chi connectivity index (χ2n) is 7.67. The number of nitrogens with zero attached hydrogens (tertiary/aromatic N) is 1. The number of ether oxygens (including phenoxy) is 1. The van der Waals surface area contributed by atoms with Gasteiger partial charge in [0.05, 0.1) is 19.4 Å². The molecule has 2 rings (SSSR count). The minimum Gasteiger partial charge on any atom is -0.493 e. The van der Waals surface area contributed by atoms with Crippen LogP contribution in [-0.4, -0.2) is 45.9 Å². The van der Waals surface area contributed by atoms with Crippen molar-refractivity contribution in [3.63, 3.8) is 0 Å². The molecule has 0 heterocycles. The molecule has 1 aliphatic rings. The first-order chi connectivity index (χ1) is 12.7. The van der Waals surface area contributed by atoms with E-state index in [1.807, 2.05) is 45.0 Å². The minimum atomic E-state index is -3.28. The van der Waals surface area contributed by atoms with Gasteiger partial charge in [-0.1, -0.05) is 18.2 Å². The van der Waals surface area contributed by atoms with Crippen LogP contribution in [0.5, 0.6) is 5.75 Å². The van der Waals surface area contributed by atoms with E-state index in [4.69, 9.17) is 4.74 Å². The van der Waals surface area contributed by atoms with Crippen LogP contribution in [-0.2, 0) is 16.6 Å². The van der Waals surface area contributed by atoms with E-state index in [1.54, 1.807) is 0 Å². The standard InChI is InChI=1S/C19H32N4O3S.HI/c1-5-20-18(22-14-19(2,3)23-27(4,24)25)21-12-16-8-6-7-9-17(16)26-13-15-10-11-15;/h6-9,15,23H,5,10-14H2,1-4H3,(H2,20,21,22);1H. The zero-order valence-electron chi connectivity index (χ0n) is 17.1. The molecule has 0 aliphatic heterocycles. The van der Waals surface area contributed by atoms with E-state index in [-0.39, 0.29) is 24.0 Å². The number of guanidine groups is 1. The van der Waals surface area contributed by atoms with Crippen LogP contribution in [0.2, 0.25) is 0 Å². The van der Waals surface area contributed by atoms with Gasteiger partial charge in [0.1, 0.15) is 5.75 Å². The molecule has 1 aliphatic carbocycles. The number of para-hydroxylation sites is 1. The monoisotopic (exact) mass is 524 g/mol. The molecule has 0 spiro atoms. The summed E-state index contributed by atoms with van der Waals surface area (Å²) >= 11 is 0. The molecule has 1 saturated carbocycles. The number of hydrogen-bond acceptors (Lipinski definition) is 4. The molecular weight excluding hydrogens is 491 g/mol. The number of sulfonamides is 1. The molecule has 1 aromatic rings. The summed E-state index contributed by atoms with van der Waals surface area (Å²) < 4.78 is 31.5. The fourth-order valence-electron chi connectivity index (χ4n) is 2.62. The van der Waals surface area contributed by atoms with Crippen molar-refractivity contribution < 1.29 is 13.2 Å². The van der Waals surface area contributed by atoms with E-state index in [2.05, 4.69) is 20.3 Å². The molecule has 1 fully saturated rings. The number of nitrogens with one attached hydrogen (secondary N) is 3. The Labute approximate surface area is 186 Å². The van der Waals surface area contributed by atoms with Gasteiger partial charge in [0.25, 0.3) is 0 Å². The Bertz CT molecular complexity index is 749. The summed E-state index contributed by atoms with van der Waals surface area (Å²) in [6, 6.07) is 7.95. The second kappa shape index (κ2) is 11.2. The van der Waals surface area contributed by atoms with Crippen LogP contribution in [0.25, 0.3) is 0 Å². The Morgan fingerprint density at radius 1 is 1.25 bits per heavy atom. The summed E-state index contributed by atoms with van der Waals surface area (Å²) in [5.74, 6) is 2.21. The van der Waals surface area contributed by atoms with E-state index in [0.717, 1.165) is 24.2 Å². The SMILES string of the molecule is CCNC(=NCc1ccccc1OCC1CC1)NCC(C)(C)NS(C)(=O)=O.I. The first-order valence-electron chi connectivity index (χ1n) is 9.40. The number of rotatable bonds is 10. The van der Waals surface area contributed by atoms with Gasteiger partial charge < -0.3 is 15.4 Å². The molecule has 1 aromatic carbocycles. The fraction of sp³-hybridized carbons (Fsp3) is 0.632. The average Bonchev–Trinajstić information content (AvgIpc) is 3.38. The molecule has 0 saturated heterocycles. The zero-order chi connectivity index (χ0) is 19.9. The first kappa shape index (κ1) is 25.0. The van der Waals surface area contributed by atoms with E-state index >= 15 is 0 Å². The van der Waals surface area contributed by atoms with E-state index in [1.165, 1.54) is 12.8 Å². The van der Waals surface area contributed by atoms with Crippen molar-refractivity contribution in [2.75, 3.05) is 26.0 Å². The zero-order valence-corrected chi connectivity index (χ0v) is 20.3. The normalized spacial score (nSPS) is 14.9. The van der Waals surface area contributed by atoms with Crippen molar-refractivity contribution >= 4 is 40.0 Å². The van der Waals surface area contributed by atoms with Gasteiger partial charge in [0, 0.05) is 24.2 Å². The lowest BCUT2D eigenvalue weighted by molar-refractivity contribution is 0.297. The summed E-state index contributed by atoms with van der Waals surface area (Å²) in [5, 5.41) is 6.39. The first-order valence-corrected chi connectivity index (χ1v) is 11.3. The van der Waals surface area contributed by atoms with Crippen LogP contribution in [0, 0.1) is 5.92 Å². The van der Waals surface area contributed by atoms with Crippen molar-refractivity contribution in [2.24, 2.45) is 10.9 Å². The number of benzene rings is 1. The van der Waals surface area contributed by atoms with Gasteiger partial charge in [0.15, 0.2) is 5.96 Å². The Hall–Kier alpha value is -1.07. The molecule has 0 unspecified atom stereocenters. The average molecular weight is 524 g/mol. The Balaban J connectivity index is 0.00000392. The maximum absolute atomic E-state index is 11.5. The van der Waals surface area contributed by atoms with Gasteiger partial charge in [-0.05, 0) is 45.6 Å². The highest BCUT2D eigenvalue weighted by Crippen LogP contribution is 2.30. The van der Waals surface area contributed by atoms with Crippen molar-refractivity contribution in [3.8, 4) is 5.75 Å². The van der Waals surface area contributed by atoms with Crippen LogP contribution < -0.4 is 20.1 Å². The molecule has 9 heteroatoms. The van der Waals surface area contributed by atoms with Gasteiger partial charge in [0.2, 0.25) is 10.0 Å². The molecule has 0 amide bonds. The fourth-order valence-corrected chi connectivity index (χ4v) is 3.69. The maximum atomic E-state index is 11.5. The summed E-state index contributed by atoms with van der Waals surface area (Å²) in [6.45, 7) is 8.01. The second-order valence-corrected chi connectivity index (χ2v) is 9.42. The van der Waals surface area contributed by atoms with Crippen molar-refractivity contribution in [3.05, 3.63) is 29.8 Å². The third-order valence-electron chi connectivity index (χ3n) is 4.06. The molecule has 0 bridgehead atoms. The Morgan fingerprint density at radius 3 is 2.54 bits per heavy atom. The van der Waals surface area contributed by atoms with Gasteiger partial charge in [-0.25, -0.2) is 18.1 Å². The number of halogens is 1. The van der Waals surface area contributed by atoms with Gasteiger partial charge in [-0.3, -0.25) is 0 Å². The van der Waals surface area contributed by atoms with E-state index < -0.39 is 15.6 Å². The lowest BCUT2D eigenvalue weighted by atomic mass is 10.1. The Kier molecular flexibility index (Phi) is 9.99. The summed E-state index contributed by atoms with van der Waals surface area (Å²) in [7, 11) is -3.28. The van der Waals surface area contributed by atoms with E-state index in [0.29, 0.717) is 31.5 Å². The molecule has 28 heavy (non-hydrogen) atoms. The molecule has 7 nitrogen and oxygen atoms in total. The topological polar surface area (TPSA) is 91.8 Å². The van der Waals surface area contributed by atoms with Crippen LogP contribution in [0.3, 0.4) is 0 Å². The molecule has 3 N–H and O–H groups in total. The molecule has 0 aromatic heterocycles. The molecule has 160 valence electrons. The van der Waals surface area contributed by atoms with Crippen molar-refractivity contribution in [2.45, 2.75) is 45.7 Å². The van der Waals surface area contributed by atoms with Crippen molar-refractivity contribution in [1.82, 2.24) is 15.4 Å². The lowest BCUT2D eigenvalue weighted by Gasteiger charge is -2.26. The highest BCUT2D eigenvalue weighted by molar-refractivity contribution is 14.0. The smallest absolute Gasteiger partial charge is 0.209 e. The summed E-state index contributed by atoms with van der Waals surface area (Å²) in [5.41, 5.74) is 0.401. The van der Waals surface area contributed by atoms with Gasteiger partial charge >= 0.3 is 0 Å². The third-order valence-corrected chi connectivity index (χ3v) is 4.98. The van der Waals surface area contributed by atoms with Crippen LogP contribution in [0.4, 0.5) is 0 Å². The Morgan fingerprint density at radius 2 is 1.93 bits per heavy atom. The summed E-state index contributed by atoms with van der Waals surface area (Å²) in [6.07, 6.45) is 3.67. The minimum absolute atomic E-state index is 0.